The van der Waals surface area contributed by atoms with Gasteiger partial charge in [0.25, 0.3) is 15.9 Å². The molecule has 1 atom stereocenters. The number of carbonyl (C=O) groups is 2. The maximum atomic E-state index is 13.5. The maximum absolute atomic E-state index is 13.5. The first-order valence-corrected chi connectivity index (χ1v) is 14.1. The van der Waals surface area contributed by atoms with Crippen molar-refractivity contribution in [3.63, 3.8) is 0 Å². The molecule has 2 amide bonds. The molecule has 15 heteroatoms. The lowest BCUT2D eigenvalue weighted by Crippen LogP contribution is -2.46. The van der Waals surface area contributed by atoms with Crippen molar-refractivity contribution in [1.29, 1.82) is 0 Å². The number of aryl methyl sites for hydroxylation is 1. The number of benzene rings is 1. The van der Waals surface area contributed by atoms with Gasteiger partial charge >= 0.3 is 5.56 Å². The van der Waals surface area contributed by atoms with Gasteiger partial charge in [0.15, 0.2) is 15.0 Å². The highest BCUT2D eigenvalue weighted by molar-refractivity contribution is 7.91. The van der Waals surface area contributed by atoms with Crippen LogP contribution < -0.4 is 20.9 Å². The lowest BCUT2D eigenvalue weighted by atomic mass is 9.87. The van der Waals surface area contributed by atoms with Crippen LogP contribution in [0.1, 0.15) is 53.8 Å². The number of rotatable bonds is 7. The van der Waals surface area contributed by atoms with Gasteiger partial charge in [-0.3, -0.25) is 19.0 Å². The number of halogens is 1. The zero-order valence-electron chi connectivity index (χ0n) is 20.7. The highest BCUT2D eigenvalue weighted by atomic mass is 32.2. The molecule has 0 spiro atoms. The Morgan fingerprint density at radius 1 is 1.23 bits per heavy atom. The number of carbonyl (C=O) groups excluding carboxylic acids is 2. The molecule has 5 rings (SSSR count). The molecule has 1 aromatic carbocycles. The third-order valence-electron chi connectivity index (χ3n) is 6.40. The molecule has 4 N–H and O–H groups in total. The fourth-order valence-corrected chi connectivity index (χ4v) is 7.57. The fourth-order valence-electron chi connectivity index (χ4n) is 4.71. The molecule has 0 fully saturated rings. The molecule has 0 radical (unpaired) electrons. The van der Waals surface area contributed by atoms with Crippen LogP contribution in [-0.4, -0.2) is 39.9 Å². The molecular formula is C24H23FN6O6S2. The van der Waals surface area contributed by atoms with Crippen LogP contribution in [0.5, 0.6) is 5.75 Å². The number of aromatic hydroxyl groups is 1. The van der Waals surface area contributed by atoms with E-state index in [4.69, 9.17) is 0 Å². The molecular weight excluding hydrogens is 551 g/mol. The van der Waals surface area contributed by atoms with E-state index >= 15 is 0 Å². The van der Waals surface area contributed by atoms with Crippen molar-refractivity contribution in [1.82, 2.24) is 24.6 Å². The Hall–Kier alpha value is -3.95. The summed E-state index contributed by atoms with van der Waals surface area (Å²) in [5.41, 5.74) is -1.62. The van der Waals surface area contributed by atoms with Crippen molar-refractivity contribution in [2.45, 2.75) is 49.4 Å². The summed E-state index contributed by atoms with van der Waals surface area (Å²) in [5, 5.41) is 15.7. The van der Waals surface area contributed by atoms with Gasteiger partial charge in [0, 0.05) is 25.6 Å². The number of thiazole rings is 1. The van der Waals surface area contributed by atoms with Gasteiger partial charge in [-0.05, 0) is 37.5 Å². The van der Waals surface area contributed by atoms with Crippen molar-refractivity contribution in [2.75, 3.05) is 5.32 Å². The topological polar surface area (TPSA) is 172 Å². The van der Waals surface area contributed by atoms with Crippen molar-refractivity contribution in [3.05, 3.63) is 69.3 Å². The van der Waals surface area contributed by atoms with Crippen LogP contribution in [0.15, 0.2) is 39.3 Å². The number of hydrogen-bond acceptors (Lipinski definition) is 9. The van der Waals surface area contributed by atoms with E-state index < -0.39 is 50.2 Å². The van der Waals surface area contributed by atoms with E-state index in [-0.39, 0.29) is 40.2 Å². The summed E-state index contributed by atoms with van der Waals surface area (Å²) in [4.78, 5) is 45.9. The van der Waals surface area contributed by atoms with Crippen LogP contribution in [0.25, 0.3) is 5.70 Å². The second-order valence-electron chi connectivity index (χ2n) is 9.25. The fraction of sp³-hybridized carbons (Fsp3) is 0.292. The first-order valence-electron chi connectivity index (χ1n) is 11.8. The maximum Gasteiger partial charge on any atom is 0.300 e. The minimum absolute atomic E-state index is 0.0196. The van der Waals surface area contributed by atoms with Crippen molar-refractivity contribution in [3.8, 4) is 5.75 Å². The number of aromatic nitrogens is 3. The number of sulfonamides is 1. The van der Waals surface area contributed by atoms with Crippen LogP contribution in [0.2, 0.25) is 0 Å². The Labute approximate surface area is 225 Å². The Morgan fingerprint density at radius 2 is 1.95 bits per heavy atom. The molecule has 12 nitrogen and oxygen atoms in total. The first-order chi connectivity index (χ1) is 18.4. The molecule has 1 unspecified atom stereocenters. The zero-order chi connectivity index (χ0) is 28.1. The normalized spacial score (nSPS) is 17.9. The Balaban J connectivity index is 1.50. The van der Waals surface area contributed by atoms with Crippen LogP contribution in [0, 0.1) is 12.7 Å². The van der Waals surface area contributed by atoms with Crippen LogP contribution in [-0.2, 0) is 26.9 Å². The number of hydrogen-bond donors (Lipinski definition) is 4. The van der Waals surface area contributed by atoms with E-state index in [1.54, 1.807) is 6.08 Å². The van der Waals surface area contributed by atoms with E-state index in [9.17, 15) is 32.3 Å². The monoisotopic (exact) mass is 574 g/mol. The number of allylic oxidation sites excluding steroid dienone is 1. The number of amides is 2. The molecule has 2 bridgehead atoms. The highest BCUT2D eigenvalue weighted by Gasteiger charge is 2.49. The standard InChI is InChI=1S/C24H23FN6O6S2/c1-12-21(38-23(27-12)28-13(2)32)39(36,37)30-24-9-3-4-16(10-24)31-20(35)18(33)17(29-22(24)31)19(34)26-11-14-5-7-15(25)8-6-14/h4-8,30,33H,3,9-11H2,1-2H3,(H,26,34)(H,27,28,32). The third kappa shape index (κ3) is 4.84. The van der Waals surface area contributed by atoms with Gasteiger partial charge in [-0.15, -0.1) is 0 Å². The second kappa shape index (κ2) is 9.66. The van der Waals surface area contributed by atoms with Gasteiger partial charge in [0.05, 0.1) is 11.2 Å². The number of nitrogens with one attached hydrogen (secondary N) is 3. The molecule has 3 aromatic rings. The molecule has 3 heterocycles. The van der Waals surface area contributed by atoms with Gasteiger partial charge in [-0.1, -0.05) is 29.5 Å². The van der Waals surface area contributed by atoms with Crippen molar-refractivity contribution >= 4 is 44.0 Å². The molecule has 204 valence electrons. The molecule has 2 aromatic heterocycles. The smallest absolute Gasteiger partial charge is 0.300 e. The Kier molecular flexibility index (Phi) is 6.60. The van der Waals surface area contributed by atoms with Gasteiger partial charge in [-0.25, -0.2) is 22.8 Å². The van der Waals surface area contributed by atoms with Crippen LogP contribution >= 0.6 is 11.3 Å². The number of nitrogens with zero attached hydrogens (tertiary/aromatic N) is 3. The quantitative estimate of drug-likeness (QED) is 0.331. The van der Waals surface area contributed by atoms with Gasteiger partial charge in [0.2, 0.25) is 11.7 Å². The van der Waals surface area contributed by atoms with E-state index in [0.29, 0.717) is 17.7 Å². The number of anilines is 1. The summed E-state index contributed by atoms with van der Waals surface area (Å²) < 4.78 is 43.9. The predicted octanol–water partition coefficient (Wildman–Crippen LogP) is 1.95. The van der Waals surface area contributed by atoms with Crippen LogP contribution in [0.4, 0.5) is 9.52 Å². The molecule has 39 heavy (non-hydrogen) atoms. The van der Waals surface area contributed by atoms with Crippen molar-refractivity contribution in [2.24, 2.45) is 0 Å². The Morgan fingerprint density at radius 3 is 2.64 bits per heavy atom. The molecule has 1 aliphatic carbocycles. The molecule has 2 aliphatic rings. The number of fused-ring (bicyclic) bond motifs is 5. The molecule has 0 saturated heterocycles. The van der Waals surface area contributed by atoms with Gasteiger partial charge in [-0.2, -0.15) is 4.72 Å². The van der Waals surface area contributed by atoms with Gasteiger partial charge < -0.3 is 15.7 Å². The lowest BCUT2D eigenvalue weighted by Gasteiger charge is -2.30. The average Bonchev–Trinajstić information content (AvgIpc) is 3.33. The molecule has 1 aliphatic heterocycles. The minimum Gasteiger partial charge on any atom is -0.501 e. The predicted molar refractivity (Wildman–Crippen MR) is 139 cm³/mol. The Bertz CT molecular complexity index is 1710. The van der Waals surface area contributed by atoms with Crippen LogP contribution in [0.3, 0.4) is 0 Å². The van der Waals surface area contributed by atoms with E-state index in [1.807, 2.05) is 0 Å². The summed E-state index contributed by atoms with van der Waals surface area (Å²) >= 11 is 0.782. The highest BCUT2D eigenvalue weighted by Crippen LogP contribution is 2.46. The van der Waals surface area contributed by atoms with E-state index in [1.165, 1.54) is 38.1 Å². The van der Waals surface area contributed by atoms with Gasteiger partial charge in [0.1, 0.15) is 11.6 Å². The SMILES string of the molecule is CC(=O)Nc1nc(C)c(S(=O)(=O)NC23CCC=C(C2)n2c3nc(C(=O)NCc3ccc(F)cc3)c(O)c2=O)s1. The summed E-state index contributed by atoms with van der Waals surface area (Å²) in [6.07, 6.45) is 2.48. The summed E-state index contributed by atoms with van der Waals surface area (Å²) in [7, 11) is -4.22. The summed E-state index contributed by atoms with van der Waals surface area (Å²) in [5.74, 6) is -2.60. The summed E-state index contributed by atoms with van der Waals surface area (Å²) in [6.45, 7) is 2.75. The summed E-state index contributed by atoms with van der Waals surface area (Å²) in [6, 6.07) is 5.40. The average molecular weight is 575 g/mol. The lowest BCUT2D eigenvalue weighted by molar-refractivity contribution is -0.114. The minimum atomic E-state index is -4.22. The van der Waals surface area contributed by atoms with E-state index in [2.05, 4.69) is 25.3 Å². The van der Waals surface area contributed by atoms with Crippen molar-refractivity contribution < 1.29 is 27.5 Å². The third-order valence-corrected chi connectivity index (χ3v) is 9.62. The first kappa shape index (κ1) is 26.6. The van der Waals surface area contributed by atoms with E-state index in [0.717, 1.165) is 15.9 Å². The second-order valence-corrected chi connectivity index (χ2v) is 12.1. The largest absolute Gasteiger partial charge is 0.501 e. The molecule has 0 saturated carbocycles. The zero-order valence-corrected chi connectivity index (χ0v) is 22.4.